The van der Waals surface area contributed by atoms with Crippen LogP contribution in [-0.4, -0.2) is 41.9 Å². The van der Waals surface area contributed by atoms with Gasteiger partial charge in [-0.2, -0.15) is 9.29 Å². The summed E-state index contributed by atoms with van der Waals surface area (Å²) < 4.78 is 59.9. The van der Waals surface area contributed by atoms with Crippen molar-refractivity contribution in [3.63, 3.8) is 0 Å². The van der Waals surface area contributed by atoms with Gasteiger partial charge in [0.15, 0.2) is 0 Å². The molecule has 1 N–H and O–H groups in total. The quantitative estimate of drug-likeness (QED) is 0.575. The highest BCUT2D eigenvalue weighted by Gasteiger charge is 2.34. The molecule has 1 aliphatic rings. The van der Waals surface area contributed by atoms with Crippen LogP contribution in [0.25, 0.3) is 11.4 Å². The van der Waals surface area contributed by atoms with Crippen LogP contribution in [0.5, 0.6) is 0 Å². The van der Waals surface area contributed by atoms with Crippen molar-refractivity contribution in [3.05, 3.63) is 47.2 Å². The Balaban J connectivity index is 1.48. The summed E-state index contributed by atoms with van der Waals surface area (Å²) >= 11 is 1.03. The Bertz CT molecular complexity index is 1240. The lowest BCUT2D eigenvalue weighted by Gasteiger charge is -2.30. The zero-order valence-corrected chi connectivity index (χ0v) is 18.7. The molecule has 0 spiro atoms. The molecule has 1 atom stereocenters. The van der Waals surface area contributed by atoms with Crippen molar-refractivity contribution < 1.29 is 26.5 Å². The molecule has 32 heavy (non-hydrogen) atoms. The van der Waals surface area contributed by atoms with Crippen LogP contribution in [0.3, 0.4) is 0 Å². The summed E-state index contributed by atoms with van der Waals surface area (Å²) in [5, 5.41) is 7.86. The molecule has 1 amide bonds. The molecule has 1 saturated heterocycles. The highest BCUT2D eigenvalue weighted by atomic mass is 32.2. The Kier molecular flexibility index (Phi) is 6.35. The number of carbonyl (C=O) groups is 1. The largest absolute Gasteiger partial charge is 0.339 e. The van der Waals surface area contributed by atoms with E-state index in [4.69, 9.17) is 4.52 Å². The molecule has 0 bridgehead atoms. The Morgan fingerprint density at radius 2 is 2.16 bits per heavy atom. The molecule has 0 unspecified atom stereocenters. The van der Waals surface area contributed by atoms with Gasteiger partial charge in [-0.05, 0) is 31.0 Å². The number of sulfonamides is 1. The number of thiophene rings is 1. The molecule has 3 heterocycles. The third kappa shape index (κ3) is 4.57. The summed E-state index contributed by atoms with van der Waals surface area (Å²) in [5.41, 5.74) is 0.259. The van der Waals surface area contributed by atoms with E-state index in [0.29, 0.717) is 36.5 Å². The van der Waals surface area contributed by atoms with Crippen LogP contribution in [0.4, 0.5) is 14.5 Å². The van der Waals surface area contributed by atoms with E-state index in [9.17, 15) is 22.0 Å². The number of hydrogen-bond donors (Lipinski definition) is 1. The summed E-state index contributed by atoms with van der Waals surface area (Å²) in [5.74, 6) is -1.93. The second kappa shape index (κ2) is 9.04. The minimum atomic E-state index is -3.85. The molecule has 4 rings (SSSR count). The first-order chi connectivity index (χ1) is 15.3. The smallest absolute Gasteiger partial charge is 0.252 e. The summed E-state index contributed by atoms with van der Waals surface area (Å²) in [6.07, 6.45) is 1.47. The average Bonchev–Trinajstić information content (AvgIpc) is 3.46. The predicted molar refractivity (Wildman–Crippen MR) is 113 cm³/mol. The predicted octanol–water partition coefficient (Wildman–Crippen LogP) is 3.68. The van der Waals surface area contributed by atoms with Crippen molar-refractivity contribution in [3.8, 4) is 11.4 Å². The van der Waals surface area contributed by atoms with Crippen LogP contribution >= 0.6 is 11.3 Å². The van der Waals surface area contributed by atoms with Gasteiger partial charge in [0, 0.05) is 36.5 Å². The van der Waals surface area contributed by atoms with Gasteiger partial charge in [-0.25, -0.2) is 17.2 Å². The summed E-state index contributed by atoms with van der Waals surface area (Å²) in [6, 6.07) is 4.24. The number of benzene rings is 1. The third-order valence-corrected chi connectivity index (χ3v) is 8.42. The first-order valence-electron chi connectivity index (χ1n) is 9.95. The molecule has 8 nitrogen and oxygen atoms in total. The molecule has 3 aromatic rings. The third-order valence-electron chi connectivity index (χ3n) is 5.14. The molecule has 1 aromatic carbocycles. The second-order valence-electron chi connectivity index (χ2n) is 7.34. The molecule has 1 fully saturated rings. The van der Waals surface area contributed by atoms with E-state index < -0.39 is 33.5 Å². The second-order valence-corrected chi connectivity index (χ2v) is 10.4. The van der Waals surface area contributed by atoms with Crippen LogP contribution < -0.4 is 5.32 Å². The number of hydrogen-bond acceptors (Lipinski definition) is 7. The van der Waals surface area contributed by atoms with Crippen molar-refractivity contribution in [2.75, 3.05) is 18.4 Å². The van der Waals surface area contributed by atoms with Crippen LogP contribution in [-0.2, 0) is 21.2 Å². The van der Waals surface area contributed by atoms with Gasteiger partial charge in [-0.1, -0.05) is 12.1 Å². The maximum atomic E-state index is 13.8. The van der Waals surface area contributed by atoms with Crippen LogP contribution in [0.2, 0.25) is 0 Å². The zero-order chi connectivity index (χ0) is 22.9. The van der Waals surface area contributed by atoms with Crippen molar-refractivity contribution >= 4 is 33.0 Å². The lowest BCUT2D eigenvalue weighted by atomic mass is 9.98. The van der Waals surface area contributed by atoms with Gasteiger partial charge in [-0.15, -0.1) is 11.3 Å². The first-order valence-corrected chi connectivity index (χ1v) is 12.3. The molecule has 1 aliphatic heterocycles. The van der Waals surface area contributed by atoms with E-state index in [0.717, 1.165) is 29.5 Å². The fraction of sp³-hybridized carbons (Fsp3) is 0.350. The molecule has 2 aromatic heterocycles. The number of amides is 1. The van der Waals surface area contributed by atoms with E-state index in [1.807, 2.05) is 6.92 Å². The maximum absolute atomic E-state index is 13.8. The molecule has 170 valence electrons. The topological polar surface area (TPSA) is 105 Å². The normalized spacial score (nSPS) is 17.4. The number of aryl methyl sites for hydroxylation is 1. The van der Waals surface area contributed by atoms with Gasteiger partial charge in [0.2, 0.25) is 17.6 Å². The zero-order valence-electron chi connectivity index (χ0n) is 17.0. The van der Waals surface area contributed by atoms with Gasteiger partial charge in [0.05, 0.1) is 11.6 Å². The summed E-state index contributed by atoms with van der Waals surface area (Å²) in [6.45, 7) is 2.07. The SMILES string of the molecule is CCc1nc(-c2csc(S(=O)(=O)N3CCC[C@@H](C(=O)Nc4cc(F)ccc4F)C3)c2)no1. The van der Waals surface area contributed by atoms with Gasteiger partial charge >= 0.3 is 0 Å². The minimum Gasteiger partial charge on any atom is -0.339 e. The standard InChI is InChI=1S/C20H20F2N4O4S2/c1-2-17-24-19(25-30-17)13-8-18(31-11-13)32(28,29)26-7-3-4-12(10-26)20(27)23-16-9-14(21)5-6-15(16)22/h5-6,8-9,11-12H,2-4,7,10H2,1H3,(H,23,27)/t12-/m1/s1. The first kappa shape index (κ1) is 22.5. The van der Waals surface area contributed by atoms with Crippen molar-refractivity contribution in [1.82, 2.24) is 14.4 Å². The van der Waals surface area contributed by atoms with Crippen molar-refractivity contribution in [2.45, 2.75) is 30.4 Å². The Morgan fingerprint density at radius 3 is 2.91 bits per heavy atom. The van der Waals surface area contributed by atoms with Crippen molar-refractivity contribution in [1.29, 1.82) is 0 Å². The van der Waals surface area contributed by atoms with Crippen LogP contribution in [0.1, 0.15) is 25.7 Å². The summed E-state index contributed by atoms with van der Waals surface area (Å²) in [7, 11) is -3.85. The van der Waals surface area contributed by atoms with E-state index in [1.165, 1.54) is 10.4 Å². The molecule has 0 aliphatic carbocycles. The molecule has 0 saturated carbocycles. The van der Waals surface area contributed by atoms with Gasteiger partial charge < -0.3 is 9.84 Å². The van der Waals surface area contributed by atoms with Gasteiger partial charge in [0.25, 0.3) is 10.0 Å². The number of piperidine rings is 1. The highest BCUT2D eigenvalue weighted by molar-refractivity contribution is 7.91. The Labute approximate surface area is 187 Å². The van der Waals surface area contributed by atoms with Gasteiger partial charge in [0.1, 0.15) is 15.8 Å². The molecular weight excluding hydrogens is 462 g/mol. The Hall–Kier alpha value is -2.70. The number of nitrogens with one attached hydrogen (secondary N) is 1. The molecule has 0 radical (unpaired) electrons. The minimum absolute atomic E-state index is 0.0550. The lowest BCUT2D eigenvalue weighted by molar-refractivity contribution is -0.120. The van der Waals surface area contributed by atoms with Crippen LogP contribution in [0, 0.1) is 17.6 Å². The van der Waals surface area contributed by atoms with E-state index in [-0.39, 0.29) is 23.0 Å². The van der Waals surface area contributed by atoms with E-state index >= 15 is 0 Å². The number of aromatic nitrogens is 2. The van der Waals surface area contributed by atoms with Gasteiger partial charge in [-0.3, -0.25) is 4.79 Å². The number of carbonyl (C=O) groups excluding carboxylic acids is 1. The van der Waals surface area contributed by atoms with E-state index in [1.54, 1.807) is 5.38 Å². The van der Waals surface area contributed by atoms with Crippen molar-refractivity contribution in [2.24, 2.45) is 5.92 Å². The van der Waals surface area contributed by atoms with E-state index in [2.05, 4.69) is 15.5 Å². The number of halogens is 2. The average molecular weight is 483 g/mol. The molecular formula is C20H20F2N4O4S2. The molecule has 12 heteroatoms. The van der Waals surface area contributed by atoms with Crippen LogP contribution in [0.15, 0.2) is 38.4 Å². The fourth-order valence-corrected chi connectivity index (χ4v) is 6.25. The number of nitrogens with zero attached hydrogens (tertiary/aromatic N) is 3. The number of anilines is 1. The monoisotopic (exact) mass is 482 g/mol. The Morgan fingerprint density at radius 1 is 1.34 bits per heavy atom. The highest BCUT2D eigenvalue weighted by Crippen LogP contribution is 2.31. The number of rotatable bonds is 6. The lowest BCUT2D eigenvalue weighted by Crippen LogP contribution is -2.43. The fourth-order valence-electron chi connectivity index (χ4n) is 3.41. The maximum Gasteiger partial charge on any atom is 0.252 e. The summed E-state index contributed by atoms with van der Waals surface area (Å²) in [4.78, 5) is 16.8.